The van der Waals surface area contributed by atoms with Crippen LogP contribution in [0.4, 0.5) is 0 Å². The maximum atomic E-state index is 12.2. The highest BCUT2D eigenvalue weighted by Gasteiger charge is 2.12. The highest BCUT2D eigenvalue weighted by molar-refractivity contribution is 9.10. The largest absolute Gasteiger partial charge is 0.347 e. The number of carbonyl (C=O) groups is 1. The third-order valence-corrected chi connectivity index (χ3v) is 4.63. The Morgan fingerprint density at radius 1 is 1.22 bits per heavy atom. The van der Waals surface area contributed by atoms with E-state index in [1.165, 1.54) is 6.26 Å². The first-order valence-electron chi connectivity index (χ1n) is 7.18. The average molecular weight is 399 g/mol. The number of benzene rings is 1. The predicted octanol–water partition coefficient (Wildman–Crippen LogP) is 2.75. The molecule has 0 fully saturated rings. The summed E-state index contributed by atoms with van der Waals surface area (Å²) in [6, 6.07) is 8.99. The van der Waals surface area contributed by atoms with Crippen molar-refractivity contribution in [1.82, 2.24) is 9.88 Å². The lowest BCUT2D eigenvalue weighted by atomic mass is 10.1. The normalized spacial score (nSPS) is 11.4. The molecule has 0 bridgehead atoms. The summed E-state index contributed by atoms with van der Waals surface area (Å²) in [5.74, 6) is -0.115. The lowest BCUT2D eigenvalue weighted by Crippen LogP contribution is -2.25. The molecule has 1 heterocycles. The van der Waals surface area contributed by atoms with Crippen LogP contribution in [-0.4, -0.2) is 25.1 Å². The number of amides is 1. The highest BCUT2D eigenvalue weighted by atomic mass is 79.9. The first kappa shape index (κ1) is 17.7. The maximum Gasteiger partial charge on any atom is 0.268 e. The van der Waals surface area contributed by atoms with Gasteiger partial charge in [0.2, 0.25) is 0 Å². The summed E-state index contributed by atoms with van der Waals surface area (Å²) in [5, 5.41) is 2.87. The van der Waals surface area contributed by atoms with Gasteiger partial charge in [0.25, 0.3) is 5.91 Å². The van der Waals surface area contributed by atoms with Crippen LogP contribution in [0.1, 0.15) is 28.5 Å². The van der Waals surface area contributed by atoms with Gasteiger partial charge in [0.05, 0.1) is 5.75 Å². The molecule has 0 saturated carbocycles. The molecule has 0 aliphatic heterocycles. The first-order valence-corrected chi connectivity index (χ1v) is 10.0. The van der Waals surface area contributed by atoms with Gasteiger partial charge in [-0.2, -0.15) is 0 Å². The molecule has 2 aromatic rings. The van der Waals surface area contributed by atoms with Gasteiger partial charge in [0.1, 0.15) is 5.69 Å². The van der Waals surface area contributed by atoms with Crippen LogP contribution in [0.5, 0.6) is 0 Å². The summed E-state index contributed by atoms with van der Waals surface area (Å²) in [5.41, 5.74) is 2.27. The summed E-state index contributed by atoms with van der Waals surface area (Å²) in [7, 11) is -3.03. The van der Waals surface area contributed by atoms with Crippen molar-refractivity contribution in [2.24, 2.45) is 0 Å². The standard InChI is InChI=1S/C16H19BrN2O3S/c1-3-19-10-14(17)8-15(19)16(20)18-9-12-4-6-13(7-5-12)11-23(2,21)22/h4-8,10H,3,9,11H2,1-2H3,(H,18,20). The van der Waals surface area contributed by atoms with E-state index in [4.69, 9.17) is 0 Å². The predicted molar refractivity (Wildman–Crippen MR) is 94.0 cm³/mol. The van der Waals surface area contributed by atoms with Crippen LogP contribution in [0.25, 0.3) is 0 Å². The van der Waals surface area contributed by atoms with Crippen molar-refractivity contribution in [3.05, 3.63) is 57.8 Å². The lowest BCUT2D eigenvalue weighted by Gasteiger charge is -2.08. The van der Waals surface area contributed by atoms with Crippen molar-refractivity contribution in [2.45, 2.75) is 25.8 Å². The zero-order chi connectivity index (χ0) is 17.0. The number of aryl methyl sites for hydroxylation is 1. The highest BCUT2D eigenvalue weighted by Crippen LogP contribution is 2.15. The zero-order valence-corrected chi connectivity index (χ0v) is 15.4. The topological polar surface area (TPSA) is 68.2 Å². The molecule has 23 heavy (non-hydrogen) atoms. The Bertz CT molecular complexity index is 795. The van der Waals surface area contributed by atoms with Gasteiger partial charge in [-0.25, -0.2) is 8.42 Å². The fourth-order valence-electron chi connectivity index (χ4n) is 2.26. The van der Waals surface area contributed by atoms with E-state index >= 15 is 0 Å². The fraction of sp³-hybridized carbons (Fsp3) is 0.312. The van der Waals surface area contributed by atoms with E-state index in [9.17, 15) is 13.2 Å². The van der Waals surface area contributed by atoms with Gasteiger partial charge < -0.3 is 9.88 Å². The van der Waals surface area contributed by atoms with Gasteiger partial charge in [-0.05, 0) is 40.0 Å². The molecule has 0 saturated heterocycles. The van der Waals surface area contributed by atoms with Crippen molar-refractivity contribution in [3.63, 3.8) is 0 Å². The van der Waals surface area contributed by atoms with Crippen molar-refractivity contribution < 1.29 is 13.2 Å². The number of halogens is 1. The number of nitrogens with zero attached hydrogens (tertiary/aromatic N) is 1. The molecule has 0 spiro atoms. The number of sulfone groups is 1. The smallest absolute Gasteiger partial charge is 0.268 e. The van der Waals surface area contributed by atoms with Crippen LogP contribution in [-0.2, 0) is 28.7 Å². The molecule has 7 heteroatoms. The first-order chi connectivity index (χ1) is 10.8. The summed E-state index contributed by atoms with van der Waals surface area (Å²) in [6.45, 7) is 3.09. The van der Waals surface area contributed by atoms with Crippen LogP contribution in [0.2, 0.25) is 0 Å². The SMILES string of the molecule is CCn1cc(Br)cc1C(=O)NCc1ccc(CS(C)(=O)=O)cc1. The van der Waals surface area contributed by atoms with E-state index in [0.717, 1.165) is 15.6 Å². The summed E-state index contributed by atoms with van der Waals surface area (Å²) in [4.78, 5) is 12.2. The Morgan fingerprint density at radius 3 is 2.39 bits per heavy atom. The summed E-state index contributed by atoms with van der Waals surface area (Å²) >= 11 is 3.37. The van der Waals surface area contributed by atoms with Crippen LogP contribution in [0, 0.1) is 0 Å². The van der Waals surface area contributed by atoms with Gasteiger partial charge >= 0.3 is 0 Å². The number of hydrogen-bond donors (Lipinski definition) is 1. The Kier molecular flexibility index (Phi) is 5.64. The maximum absolute atomic E-state index is 12.2. The number of carbonyl (C=O) groups excluding carboxylic acids is 1. The molecule has 124 valence electrons. The average Bonchev–Trinajstić information content (AvgIpc) is 2.86. The molecule has 1 aromatic carbocycles. The van der Waals surface area contributed by atoms with Crippen LogP contribution < -0.4 is 5.32 Å². The van der Waals surface area contributed by atoms with E-state index < -0.39 is 9.84 Å². The molecule has 0 atom stereocenters. The molecular formula is C16H19BrN2O3S. The number of nitrogens with one attached hydrogen (secondary N) is 1. The summed E-state index contributed by atoms with van der Waals surface area (Å²) in [6.07, 6.45) is 3.08. The lowest BCUT2D eigenvalue weighted by molar-refractivity contribution is 0.0941. The second kappa shape index (κ2) is 7.31. The monoisotopic (exact) mass is 398 g/mol. The Hall–Kier alpha value is -1.60. The molecular weight excluding hydrogens is 380 g/mol. The van der Waals surface area contributed by atoms with Crippen molar-refractivity contribution in [2.75, 3.05) is 6.26 Å². The molecule has 0 aliphatic carbocycles. The van der Waals surface area contributed by atoms with Gasteiger partial charge in [-0.1, -0.05) is 24.3 Å². The fourth-order valence-corrected chi connectivity index (χ4v) is 3.52. The Morgan fingerprint density at radius 2 is 1.83 bits per heavy atom. The van der Waals surface area contributed by atoms with E-state index in [2.05, 4.69) is 21.2 Å². The van der Waals surface area contributed by atoms with Gasteiger partial charge in [-0.15, -0.1) is 0 Å². The molecule has 5 nitrogen and oxygen atoms in total. The number of rotatable bonds is 6. The summed E-state index contributed by atoms with van der Waals surface area (Å²) < 4.78 is 25.3. The Balaban J connectivity index is 1.99. The van der Waals surface area contributed by atoms with Crippen molar-refractivity contribution in [1.29, 1.82) is 0 Å². The van der Waals surface area contributed by atoms with Gasteiger partial charge in [0, 0.05) is 30.0 Å². The van der Waals surface area contributed by atoms with Crippen LogP contribution in [0.3, 0.4) is 0 Å². The molecule has 0 aliphatic rings. The van der Waals surface area contributed by atoms with Crippen LogP contribution in [0.15, 0.2) is 41.0 Å². The molecule has 0 radical (unpaired) electrons. The minimum Gasteiger partial charge on any atom is -0.347 e. The second-order valence-electron chi connectivity index (χ2n) is 5.40. The second-order valence-corrected chi connectivity index (χ2v) is 8.45. The van der Waals surface area contributed by atoms with Crippen molar-refractivity contribution in [3.8, 4) is 0 Å². The minimum atomic E-state index is -3.03. The molecule has 1 N–H and O–H groups in total. The zero-order valence-electron chi connectivity index (χ0n) is 13.0. The number of hydrogen-bond acceptors (Lipinski definition) is 3. The van der Waals surface area contributed by atoms with E-state index in [-0.39, 0.29) is 11.7 Å². The molecule has 1 aromatic heterocycles. The third-order valence-electron chi connectivity index (χ3n) is 3.34. The Labute approximate surface area is 144 Å². The minimum absolute atomic E-state index is 0.0255. The quantitative estimate of drug-likeness (QED) is 0.812. The van der Waals surface area contributed by atoms with Crippen molar-refractivity contribution >= 4 is 31.7 Å². The van der Waals surface area contributed by atoms with E-state index in [0.29, 0.717) is 18.8 Å². The van der Waals surface area contributed by atoms with E-state index in [1.807, 2.05) is 29.8 Å². The molecule has 1 amide bonds. The molecule has 2 rings (SSSR count). The van der Waals surface area contributed by atoms with E-state index in [1.54, 1.807) is 18.2 Å². The number of aromatic nitrogens is 1. The molecule has 0 unspecified atom stereocenters. The third kappa shape index (κ3) is 5.21. The van der Waals surface area contributed by atoms with Gasteiger partial charge in [-0.3, -0.25) is 4.79 Å². The van der Waals surface area contributed by atoms with Crippen LogP contribution >= 0.6 is 15.9 Å². The van der Waals surface area contributed by atoms with Gasteiger partial charge in [0.15, 0.2) is 9.84 Å².